The van der Waals surface area contributed by atoms with Crippen molar-refractivity contribution in [3.8, 4) is 11.5 Å². The van der Waals surface area contributed by atoms with Crippen molar-refractivity contribution >= 4 is 17.5 Å². The molecule has 2 amide bonds. The Balaban J connectivity index is 1.38. The molecule has 0 spiro atoms. The number of nitrogens with one attached hydrogen (secondary N) is 1. The predicted molar refractivity (Wildman–Crippen MR) is 91.7 cm³/mol. The molecule has 1 fully saturated rings. The summed E-state index contributed by atoms with van der Waals surface area (Å²) in [5.41, 5.74) is 0.740. The van der Waals surface area contributed by atoms with Crippen molar-refractivity contribution in [1.82, 2.24) is 5.32 Å². The normalized spacial score (nSPS) is 18.1. The Labute approximate surface area is 153 Å². The van der Waals surface area contributed by atoms with E-state index in [2.05, 4.69) is 5.32 Å². The predicted octanol–water partition coefficient (Wildman–Crippen LogP) is 2.48. The van der Waals surface area contributed by atoms with Crippen LogP contribution < -0.4 is 19.7 Å². The number of halogens is 2. The maximum Gasteiger partial charge on any atom is 0.251 e. The maximum atomic E-state index is 13.2. The summed E-state index contributed by atoms with van der Waals surface area (Å²) in [4.78, 5) is 26.1. The van der Waals surface area contributed by atoms with Crippen LogP contribution in [0.1, 0.15) is 16.8 Å². The lowest BCUT2D eigenvalue weighted by atomic mass is 10.1. The van der Waals surface area contributed by atoms with E-state index < -0.39 is 17.5 Å². The summed E-state index contributed by atoms with van der Waals surface area (Å²) < 4.78 is 36.8. The van der Waals surface area contributed by atoms with Gasteiger partial charge >= 0.3 is 0 Å². The third-order valence-corrected chi connectivity index (χ3v) is 4.61. The van der Waals surface area contributed by atoms with Gasteiger partial charge in [0.05, 0.1) is 0 Å². The van der Waals surface area contributed by atoms with E-state index in [-0.39, 0.29) is 37.1 Å². The molecule has 2 aromatic rings. The van der Waals surface area contributed by atoms with Crippen LogP contribution in [-0.2, 0) is 4.79 Å². The molecule has 0 bridgehead atoms. The Morgan fingerprint density at radius 3 is 2.74 bits per heavy atom. The molecule has 2 aliphatic rings. The minimum Gasteiger partial charge on any atom is -0.454 e. The van der Waals surface area contributed by atoms with Crippen LogP contribution in [0.2, 0.25) is 0 Å². The van der Waals surface area contributed by atoms with Crippen molar-refractivity contribution in [2.24, 2.45) is 5.92 Å². The zero-order chi connectivity index (χ0) is 19.0. The van der Waals surface area contributed by atoms with Crippen molar-refractivity contribution < 1.29 is 27.8 Å². The van der Waals surface area contributed by atoms with Gasteiger partial charge in [0, 0.05) is 42.7 Å². The van der Waals surface area contributed by atoms with Crippen molar-refractivity contribution in [3.63, 3.8) is 0 Å². The molecule has 1 atom stereocenters. The molecule has 0 aromatic heterocycles. The molecule has 0 radical (unpaired) electrons. The highest BCUT2D eigenvalue weighted by Crippen LogP contribution is 2.37. The van der Waals surface area contributed by atoms with E-state index in [0.717, 1.165) is 12.1 Å². The smallest absolute Gasteiger partial charge is 0.251 e. The van der Waals surface area contributed by atoms with Gasteiger partial charge in [0.25, 0.3) is 5.91 Å². The number of carbonyl (C=O) groups excluding carboxylic acids is 2. The topological polar surface area (TPSA) is 67.9 Å². The third kappa shape index (κ3) is 3.42. The standard InChI is InChI=1S/C19H16F2N2O4/c20-14-3-1-12(6-15(14)21)19(25)22-8-11-5-18(24)23(9-11)13-2-4-16-17(7-13)27-10-26-16/h1-4,6-7,11H,5,8-10H2,(H,22,25). The van der Waals surface area contributed by atoms with Crippen LogP contribution in [0.5, 0.6) is 11.5 Å². The number of carbonyl (C=O) groups is 2. The third-order valence-electron chi connectivity index (χ3n) is 4.61. The second-order valence-electron chi connectivity index (χ2n) is 6.45. The molecule has 6 nitrogen and oxygen atoms in total. The summed E-state index contributed by atoms with van der Waals surface area (Å²) in [5.74, 6) is -1.50. The van der Waals surface area contributed by atoms with Crippen LogP contribution in [-0.4, -0.2) is 31.7 Å². The van der Waals surface area contributed by atoms with Crippen LogP contribution in [0.4, 0.5) is 14.5 Å². The number of amides is 2. The number of fused-ring (bicyclic) bond motifs is 1. The molecule has 0 aliphatic carbocycles. The van der Waals surface area contributed by atoms with Gasteiger partial charge in [0.15, 0.2) is 23.1 Å². The quantitative estimate of drug-likeness (QED) is 0.893. The molecule has 2 aromatic carbocycles. The van der Waals surface area contributed by atoms with Gasteiger partial charge in [-0.25, -0.2) is 8.78 Å². The average molecular weight is 374 g/mol. The van der Waals surface area contributed by atoms with E-state index in [1.54, 1.807) is 23.1 Å². The van der Waals surface area contributed by atoms with Crippen molar-refractivity contribution in [1.29, 1.82) is 0 Å². The molecule has 0 saturated carbocycles. The highest BCUT2D eigenvalue weighted by molar-refractivity contribution is 5.96. The van der Waals surface area contributed by atoms with Gasteiger partial charge in [-0.1, -0.05) is 0 Å². The molecule has 1 N–H and O–H groups in total. The Bertz CT molecular complexity index is 919. The minimum atomic E-state index is -1.08. The van der Waals surface area contributed by atoms with E-state index in [1.807, 2.05) is 0 Å². The number of anilines is 1. The zero-order valence-corrected chi connectivity index (χ0v) is 14.2. The largest absolute Gasteiger partial charge is 0.454 e. The van der Waals surface area contributed by atoms with Crippen LogP contribution in [0.15, 0.2) is 36.4 Å². The summed E-state index contributed by atoms with van der Waals surface area (Å²) >= 11 is 0. The Kier molecular flexibility index (Phi) is 4.39. The lowest BCUT2D eigenvalue weighted by Gasteiger charge is -2.17. The van der Waals surface area contributed by atoms with Gasteiger partial charge in [0.1, 0.15) is 0 Å². The van der Waals surface area contributed by atoms with Crippen LogP contribution in [0.3, 0.4) is 0 Å². The Morgan fingerprint density at radius 2 is 1.93 bits per heavy atom. The second kappa shape index (κ2) is 6.86. The molecule has 1 unspecified atom stereocenters. The van der Waals surface area contributed by atoms with Gasteiger partial charge in [-0.15, -0.1) is 0 Å². The van der Waals surface area contributed by atoms with Crippen molar-refractivity contribution in [2.75, 3.05) is 24.8 Å². The van der Waals surface area contributed by atoms with E-state index in [1.165, 1.54) is 6.07 Å². The first-order chi connectivity index (χ1) is 13.0. The number of hydrogen-bond donors (Lipinski definition) is 1. The number of benzene rings is 2. The molecule has 8 heteroatoms. The number of nitrogens with zero attached hydrogens (tertiary/aromatic N) is 1. The highest BCUT2D eigenvalue weighted by Gasteiger charge is 2.31. The summed E-state index contributed by atoms with van der Waals surface area (Å²) in [6.45, 7) is 0.854. The summed E-state index contributed by atoms with van der Waals surface area (Å²) in [7, 11) is 0. The van der Waals surface area contributed by atoms with E-state index >= 15 is 0 Å². The van der Waals surface area contributed by atoms with Gasteiger partial charge < -0.3 is 19.7 Å². The molecule has 1 saturated heterocycles. The second-order valence-corrected chi connectivity index (χ2v) is 6.45. The van der Waals surface area contributed by atoms with Crippen molar-refractivity contribution in [2.45, 2.75) is 6.42 Å². The zero-order valence-electron chi connectivity index (χ0n) is 14.2. The average Bonchev–Trinajstić information content (AvgIpc) is 3.27. The maximum absolute atomic E-state index is 13.2. The Hall–Kier alpha value is -3.16. The fourth-order valence-corrected chi connectivity index (χ4v) is 3.20. The minimum absolute atomic E-state index is 0.0332. The molecule has 2 heterocycles. The van der Waals surface area contributed by atoms with E-state index in [9.17, 15) is 18.4 Å². The molecular formula is C19H16F2N2O4. The summed E-state index contributed by atoms with van der Waals surface area (Å²) in [6.07, 6.45) is 0.284. The summed E-state index contributed by atoms with van der Waals surface area (Å²) in [6, 6.07) is 8.26. The van der Waals surface area contributed by atoms with Gasteiger partial charge in [-0.05, 0) is 30.3 Å². The van der Waals surface area contributed by atoms with Crippen LogP contribution in [0, 0.1) is 17.6 Å². The first kappa shape index (κ1) is 17.3. The first-order valence-corrected chi connectivity index (χ1v) is 8.44. The van der Waals surface area contributed by atoms with Gasteiger partial charge in [0.2, 0.25) is 12.7 Å². The van der Waals surface area contributed by atoms with Crippen molar-refractivity contribution in [3.05, 3.63) is 53.6 Å². The van der Waals surface area contributed by atoms with E-state index in [0.29, 0.717) is 23.7 Å². The lowest BCUT2D eigenvalue weighted by Crippen LogP contribution is -2.31. The summed E-state index contributed by atoms with van der Waals surface area (Å²) in [5, 5.41) is 2.67. The fraction of sp³-hybridized carbons (Fsp3) is 0.263. The SMILES string of the molecule is O=C(NCC1CC(=O)N(c2ccc3c(c2)OCO3)C1)c1ccc(F)c(F)c1. The number of hydrogen-bond acceptors (Lipinski definition) is 4. The van der Waals surface area contributed by atoms with Gasteiger partial charge in [-0.3, -0.25) is 9.59 Å². The fourth-order valence-electron chi connectivity index (χ4n) is 3.20. The number of rotatable bonds is 4. The molecule has 27 heavy (non-hydrogen) atoms. The monoisotopic (exact) mass is 374 g/mol. The molecular weight excluding hydrogens is 358 g/mol. The molecule has 140 valence electrons. The highest BCUT2D eigenvalue weighted by atomic mass is 19.2. The van der Waals surface area contributed by atoms with Crippen LogP contribution >= 0.6 is 0 Å². The molecule has 4 rings (SSSR count). The first-order valence-electron chi connectivity index (χ1n) is 8.44. The van der Waals surface area contributed by atoms with E-state index in [4.69, 9.17) is 9.47 Å². The molecule has 2 aliphatic heterocycles. The number of ether oxygens (including phenoxy) is 2. The Morgan fingerprint density at radius 1 is 1.11 bits per heavy atom. The van der Waals surface area contributed by atoms with Crippen LogP contribution in [0.25, 0.3) is 0 Å². The lowest BCUT2D eigenvalue weighted by molar-refractivity contribution is -0.117. The van der Waals surface area contributed by atoms with Gasteiger partial charge in [-0.2, -0.15) is 0 Å².